The maximum absolute atomic E-state index is 13.0. The molecular weight excluding hydrogens is 358 g/mol. The second-order valence-corrected chi connectivity index (χ2v) is 8.38. The predicted octanol–water partition coefficient (Wildman–Crippen LogP) is 0.104. The third-order valence-corrected chi connectivity index (χ3v) is 6.71. The van der Waals surface area contributed by atoms with E-state index < -0.39 is 10.0 Å². The molecule has 0 saturated carbocycles. The molecule has 26 heavy (non-hydrogen) atoms. The van der Waals surface area contributed by atoms with Gasteiger partial charge in [-0.25, -0.2) is 8.42 Å². The van der Waals surface area contributed by atoms with E-state index in [1.54, 1.807) is 17.0 Å². The Balaban J connectivity index is 1.90. The van der Waals surface area contributed by atoms with Gasteiger partial charge in [0.2, 0.25) is 10.0 Å². The van der Waals surface area contributed by atoms with Crippen molar-refractivity contribution in [3.63, 3.8) is 0 Å². The molecule has 2 aliphatic rings. The largest absolute Gasteiger partial charge is 0.495 e. The zero-order chi connectivity index (χ0) is 18.7. The molecule has 0 aromatic heterocycles. The van der Waals surface area contributed by atoms with Crippen LogP contribution in [0, 0.1) is 0 Å². The topological polar surface area (TPSA) is 79.4 Å². The van der Waals surface area contributed by atoms with Gasteiger partial charge in [0.25, 0.3) is 5.91 Å². The van der Waals surface area contributed by atoms with Gasteiger partial charge >= 0.3 is 0 Å². The highest BCUT2D eigenvalue weighted by atomic mass is 32.2. The van der Waals surface area contributed by atoms with E-state index in [4.69, 9.17) is 9.47 Å². The van der Waals surface area contributed by atoms with Crippen LogP contribution in [0.5, 0.6) is 5.75 Å². The minimum Gasteiger partial charge on any atom is -0.495 e. The molecule has 8 nitrogen and oxygen atoms in total. The van der Waals surface area contributed by atoms with Crippen molar-refractivity contribution in [1.29, 1.82) is 0 Å². The van der Waals surface area contributed by atoms with Gasteiger partial charge in [0.15, 0.2) is 0 Å². The van der Waals surface area contributed by atoms with Gasteiger partial charge in [-0.1, -0.05) is 0 Å². The Kier molecular flexibility index (Phi) is 5.81. The SMILES string of the molecule is COc1ccc(C(=O)N2CCN(C)CC2)cc1S(=O)(=O)N1CCOCC1. The molecule has 0 radical (unpaired) electrons. The number of carbonyl (C=O) groups is 1. The highest BCUT2D eigenvalue weighted by Gasteiger charge is 2.31. The van der Waals surface area contributed by atoms with E-state index in [-0.39, 0.29) is 16.6 Å². The maximum Gasteiger partial charge on any atom is 0.253 e. The van der Waals surface area contributed by atoms with Crippen LogP contribution >= 0.6 is 0 Å². The Bertz CT molecular complexity index is 754. The number of likely N-dealkylation sites (N-methyl/N-ethyl adjacent to an activating group) is 1. The van der Waals surface area contributed by atoms with Crippen molar-refractivity contribution >= 4 is 15.9 Å². The number of nitrogens with zero attached hydrogens (tertiary/aromatic N) is 3. The van der Waals surface area contributed by atoms with Crippen LogP contribution in [0.25, 0.3) is 0 Å². The number of ether oxygens (including phenoxy) is 2. The van der Waals surface area contributed by atoms with Crippen LogP contribution in [-0.2, 0) is 14.8 Å². The first-order valence-corrected chi connectivity index (χ1v) is 10.1. The van der Waals surface area contributed by atoms with Gasteiger partial charge in [-0.05, 0) is 25.2 Å². The summed E-state index contributed by atoms with van der Waals surface area (Å²) in [4.78, 5) is 16.7. The van der Waals surface area contributed by atoms with Crippen molar-refractivity contribution in [2.75, 3.05) is 66.6 Å². The number of morpholine rings is 1. The molecule has 144 valence electrons. The zero-order valence-electron chi connectivity index (χ0n) is 15.2. The van der Waals surface area contributed by atoms with E-state index >= 15 is 0 Å². The molecule has 0 N–H and O–H groups in total. The summed E-state index contributed by atoms with van der Waals surface area (Å²) in [6.45, 7) is 4.19. The highest BCUT2D eigenvalue weighted by molar-refractivity contribution is 7.89. The van der Waals surface area contributed by atoms with Gasteiger partial charge in [0.05, 0.1) is 20.3 Å². The summed E-state index contributed by atoms with van der Waals surface area (Å²) in [5.41, 5.74) is 0.363. The number of carbonyl (C=O) groups excluding carboxylic acids is 1. The number of methoxy groups -OCH3 is 1. The minimum atomic E-state index is -3.75. The normalized spacial score (nSPS) is 20.2. The molecule has 0 unspecified atom stereocenters. The molecule has 0 aliphatic carbocycles. The van der Waals surface area contributed by atoms with Crippen LogP contribution in [0.4, 0.5) is 0 Å². The summed E-state index contributed by atoms with van der Waals surface area (Å²) in [5, 5.41) is 0. The Hall–Kier alpha value is -1.68. The molecule has 2 fully saturated rings. The summed E-state index contributed by atoms with van der Waals surface area (Å²) in [5.74, 6) is 0.0885. The molecular formula is C17H25N3O5S. The summed E-state index contributed by atoms with van der Waals surface area (Å²) in [6, 6.07) is 4.61. The molecule has 1 aromatic carbocycles. The fraction of sp³-hybridized carbons (Fsp3) is 0.588. The number of amides is 1. The van der Waals surface area contributed by atoms with Crippen molar-refractivity contribution < 1.29 is 22.7 Å². The molecule has 0 atom stereocenters. The first-order valence-electron chi connectivity index (χ1n) is 8.67. The van der Waals surface area contributed by atoms with Crippen LogP contribution in [0.15, 0.2) is 23.1 Å². The fourth-order valence-corrected chi connectivity index (χ4v) is 4.72. The molecule has 0 bridgehead atoms. The van der Waals surface area contributed by atoms with Gasteiger partial charge in [0, 0.05) is 44.8 Å². The zero-order valence-corrected chi connectivity index (χ0v) is 16.0. The van der Waals surface area contributed by atoms with Gasteiger partial charge in [-0.3, -0.25) is 4.79 Å². The quantitative estimate of drug-likeness (QED) is 0.734. The van der Waals surface area contributed by atoms with Crippen LogP contribution in [-0.4, -0.2) is 95.1 Å². The van der Waals surface area contributed by atoms with Crippen molar-refractivity contribution in [2.45, 2.75) is 4.90 Å². The van der Waals surface area contributed by atoms with Gasteiger partial charge in [-0.15, -0.1) is 0 Å². The molecule has 1 aromatic rings. The Morgan fingerprint density at radius 1 is 1.08 bits per heavy atom. The molecule has 2 saturated heterocycles. The monoisotopic (exact) mass is 383 g/mol. The third kappa shape index (κ3) is 3.85. The van der Waals surface area contributed by atoms with E-state index in [0.717, 1.165) is 13.1 Å². The Morgan fingerprint density at radius 2 is 1.73 bits per heavy atom. The van der Waals surface area contributed by atoms with Gasteiger partial charge in [-0.2, -0.15) is 4.31 Å². The molecule has 3 rings (SSSR count). The third-order valence-electron chi connectivity index (χ3n) is 4.79. The van der Waals surface area contributed by atoms with Crippen LogP contribution < -0.4 is 4.74 Å². The second kappa shape index (κ2) is 7.91. The number of hydrogen-bond donors (Lipinski definition) is 0. The van der Waals surface area contributed by atoms with Gasteiger partial charge in [0.1, 0.15) is 10.6 Å². The molecule has 2 aliphatic heterocycles. The lowest BCUT2D eigenvalue weighted by Gasteiger charge is -2.32. The van der Waals surface area contributed by atoms with Crippen LogP contribution in [0.2, 0.25) is 0 Å². The molecule has 2 heterocycles. The molecule has 9 heteroatoms. The standard InChI is InChI=1S/C17H25N3O5S/c1-18-5-7-19(8-6-18)17(21)14-3-4-15(24-2)16(13-14)26(22,23)20-9-11-25-12-10-20/h3-4,13H,5-12H2,1-2H3. The first-order chi connectivity index (χ1) is 12.4. The smallest absolute Gasteiger partial charge is 0.253 e. The lowest BCUT2D eigenvalue weighted by molar-refractivity contribution is 0.0663. The van der Waals surface area contributed by atoms with Crippen molar-refractivity contribution in [3.8, 4) is 5.75 Å². The summed E-state index contributed by atoms with van der Waals surface area (Å²) >= 11 is 0. The Morgan fingerprint density at radius 3 is 2.35 bits per heavy atom. The van der Waals surface area contributed by atoms with E-state index in [1.807, 2.05) is 7.05 Å². The number of benzene rings is 1. The van der Waals surface area contributed by atoms with E-state index in [9.17, 15) is 13.2 Å². The van der Waals surface area contributed by atoms with Crippen molar-refractivity contribution in [1.82, 2.24) is 14.1 Å². The van der Waals surface area contributed by atoms with Crippen LogP contribution in [0.1, 0.15) is 10.4 Å². The lowest BCUT2D eigenvalue weighted by atomic mass is 10.1. The summed E-state index contributed by atoms with van der Waals surface area (Å²) in [6.07, 6.45) is 0. The second-order valence-electron chi connectivity index (χ2n) is 6.48. The highest BCUT2D eigenvalue weighted by Crippen LogP contribution is 2.29. The number of piperazine rings is 1. The van der Waals surface area contributed by atoms with Crippen LogP contribution in [0.3, 0.4) is 0 Å². The van der Waals surface area contributed by atoms with E-state index in [0.29, 0.717) is 45.0 Å². The first kappa shape index (κ1) is 19.1. The number of sulfonamides is 1. The van der Waals surface area contributed by atoms with E-state index in [1.165, 1.54) is 17.5 Å². The van der Waals surface area contributed by atoms with E-state index in [2.05, 4.69) is 4.90 Å². The Labute approximate surface area is 154 Å². The molecule has 1 amide bonds. The lowest BCUT2D eigenvalue weighted by Crippen LogP contribution is -2.47. The average Bonchev–Trinajstić information content (AvgIpc) is 2.68. The minimum absolute atomic E-state index is 0.0295. The maximum atomic E-state index is 13.0. The summed E-state index contributed by atoms with van der Waals surface area (Å²) in [7, 11) is -0.309. The number of hydrogen-bond acceptors (Lipinski definition) is 6. The summed E-state index contributed by atoms with van der Waals surface area (Å²) < 4.78 is 37.9. The molecule has 0 spiro atoms. The van der Waals surface area contributed by atoms with Crippen molar-refractivity contribution in [2.24, 2.45) is 0 Å². The van der Waals surface area contributed by atoms with Crippen molar-refractivity contribution in [3.05, 3.63) is 23.8 Å². The number of rotatable bonds is 4. The predicted molar refractivity (Wildman–Crippen MR) is 96.0 cm³/mol. The van der Waals surface area contributed by atoms with Gasteiger partial charge < -0.3 is 19.3 Å². The fourth-order valence-electron chi connectivity index (χ4n) is 3.13. The average molecular weight is 383 g/mol.